The third-order valence-corrected chi connectivity index (χ3v) is 4.06. The highest BCUT2D eigenvalue weighted by Crippen LogP contribution is 2.36. The van der Waals surface area contributed by atoms with Crippen molar-refractivity contribution < 1.29 is 4.74 Å². The average molecular weight is 297 g/mol. The summed E-state index contributed by atoms with van der Waals surface area (Å²) in [7, 11) is 0. The molecule has 2 aliphatic rings. The molecule has 17 heavy (non-hydrogen) atoms. The van der Waals surface area contributed by atoms with E-state index in [1.165, 1.54) is 18.5 Å². The first-order chi connectivity index (χ1) is 8.34. The minimum absolute atomic E-state index is 0.667. The smallest absolute Gasteiger partial charge is 0.143 e. The first-order valence-corrected chi connectivity index (χ1v) is 7.03. The molecule has 1 fully saturated rings. The van der Waals surface area contributed by atoms with Crippen LogP contribution in [0.4, 0.5) is 5.69 Å². The number of hydrogen-bond acceptors (Lipinski definition) is 3. The van der Waals surface area contributed by atoms with Crippen molar-refractivity contribution >= 4 is 21.6 Å². The Morgan fingerprint density at radius 3 is 2.94 bits per heavy atom. The molecule has 1 saturated heterocycles. The normalized spacial score (nSPS) is 20.9. The molecule has 3 nitrogen and oxygen atoms in total. The van der Waals surface area contributed by atoms with Crippen molar-refractivity contribution in [2.75, 3.05) is 31.1 Å². The highest BCUT2D eigenvalue weighted by Gasteiger charge is 2.26. The maximum atomic E-state index is 5.74. The number of benzene rings is 1. The second-order valence-electron chi connectivity index (χ2n) is 4.64. The molecule has 2 aliphatic heterocycles. The number of halogens is 1. The van der Waals surface area contributed by atoms with Gasteiger partial charge in [-0.1, -0.05) is 15.9 Å². The first-order valence-electron chi connectivity index (χ1n) is 6.24. The van der Waals surface area contributed by atoms with E-state index in [1.807, 2.05) is 0 Å². The Hall–Kier alpha value is -0.740. The molecule has 0 radical (unpaired) electrons. The summed E-state index contributed by atoms with van der Waals surface area (Å²) in [6.45, 7) is 4.08. The molecule has 92 valence electrons. The maximum absolute atomic E-state index is 5.74. The van der Waals surface area contributed by atoms with E-state index < -0.39 is 0 Å². The largest absolute Gasteiger partial charge is 0.490 e. The van der Waals surface area contributed by atoms with Gasteiger partial charge in [0.15, 0.2) is 0 Å². The number of anilines is 1. The van der Waals surface area contributed by atoms with Crippen molar-refractivity contribution in [2.24, 2.45) is 0 Å². The summed E-state index contributed by atoms with van der Waals surface area (Å²) in [5, 5.41) is 3.42. The summed E-state index contributed by atoms with van der Waals surface area (Å²) in [6.07, 6.45) is 2.46. The number of nitrogens with one attached hydrogen (secondary N) is 1. The van der Waals surface area contributed by atoms with E-state index in [2.05, 4.69) is 44.3 Å². The average Bonchev–Trinajstić information content (AvgIpc) is 2.39. The van der Waals surface area contributed by atoms with Crippen LogP contribution in [0, 0.1) is 0 Å². The van der Waals surface area contributed by atoms with E-state index in [4.69, 9.17) is 4.74 Å². The molecular formula is C13H17BrN2O. The number of hydrogen-bond donors (Lipinski definition) is 1. The van der Waals surface area contributed by atoms with Crippen molar-refractivity contribution in [2.45, 2.75) is 18.9 Å². The fourth-order valence-electron chi connectivity index (χ4n) is 2.71. The van der Waals surface area contributed by atoms with Gasteiger partial charge in [0.05, 0.1) is 12.2 Å². The Kier molecular flexibility index (Phi) is 3.25. The standard InChI is InChI=1S/C13H17BrN2O/c14-10-1-2-12-13(9-10)17-8-7-16(12)11-3-5-15-6-4-11/h1-2,9,11,15H,3-8H2. The van der Waals surface area contributed by atoms with E-state index in [0.717, 1.165) is 36.5 Å². The Balaban J connectivity index is 1.88. The summed E-state index contributed by atoms with van der Waals surface area (Å²) in [5.74, 6) is 1.02. The SMILES string of the molecule is Brc1ccc2c(c1)OCCN2C1CCNCC1. The van der Waals surface area contributed by atoms with Gasteiger partial charge in [-0.05, 0) is 44.1 Å². The Morgan fingerprint density at radius 1 is 1.29 bits per heavy atom. The number of nitrogens with zero attached hydrogens (tertiary/aromatic N) is 1. The summed E-state index contributed by atoms with van der Waals surface area (Å²) in [5.41, 5.74) is 1.26. The van der Waals surface area contributed by atoms with Crippen LogP contribution in [-0.2, 0) is 0 Å². The molecule has 1 aromatic rings. The minimum atomic E-state index is 0.667. The lowest BCUT2D eigenvalue weighted by atomic mass is 10.0. The highest BCUT2D eigenvalue weighted by molar-refractivity contribution is 9.10. The van der Waals surface area contributed by atoms with Gasteiger partial charge in [0.2, 0.25) is 0 Å². The van der Waals surface area contributed by atoms with Gasteiger partial charge in [-0.3, -0.25) is 0 Å². The van der Waals surface area contributed by atoms with Gasteiger partial charge in [-0.15, -0.1) is 0 Å². The van der Waals surface area contributed by atoms with Crippen LogP contribution in [0.25, 0.3) is 0 Å². The van der Waals surface area contributed by atoms with E-state index in [1.54, 1.807) is 0 Å². The molecule has 0 spiro atoms. The molecule has 0 aliphatic carbocycles. The van der Waals surface area contributed by atoms with Gasteiger partial charge in [0, 0.05) is 10.5 Å². The molecule has 0 bridgehead atoms. The summed E-state index contributed by atoms with van der Waals surface area (Å²) < 4.78 is 6.82. The number of piperidine rings is 1. The van der Waals surface area contributed by atoms with Crippen LogP contribution in [0.2, 0.25) is 0 Å². The van der Waals surface area contributed by atoms with Gasteiger partial charge in [0.25, 0.3) is 0 Å². The van der Waals surface area contributed by atoms with Crippen LogP contribution >= 0.6 is 15.9 Å². The molecule has 0 unspecified atom stereocenters. The third-order valence-electron chi connectivity index (χ3n) is 3.57. The predicted molar refractivity (Wildman–Crippen MR) is 72.9 cm³/mol. The molecule has 2 heterocycles. The molecule has 1 aromatic carbocycles. The van der Waals surface area contributed by atoms with Gasteiger partial charge in [0.1, 0.15) is 12.4 Å². The first kappa shape index (κ1) is 11.4. The van der Waals surface area contributed by atoms with Crippen LogP contribution in [-0.4, -0.2) is 32.3 Å². The minimum Gasteiger partial charge on any atom is -0.490 e. The zero-order chi connectivity index (χ0) is 11.7. The van der Waals surface area contributed by atoms with Crippen molar-refractivity contribution in [1.29, 1.82) is 0 Å². The number of ether oxygens (including phenoxy) is 1. The third kappa shape index (κ3) is 2.29. The molecule has 3 rings (SSSR count). The van der Waals surface area contributed by atoms with Crippen LogP contribution in [0.1, 0.15) is 12.8 Å². The Morgan fingerprint density at radius 2 is 2.12 bits per heavy atom. The highest BCUT2D eigenvalue weighted by atomic mass is 79.9. The Labute approximate surface area is 110 Å². The molecule has 0 atom stereocenters. The fourth-order valence-corrected chi connectivity index (χ4v) is 3.05. The lowest BCUT2D eigenvalue weighted by Crippen LogP contribution is -2.46. The fraction of sp³-hybridized carbons (Fsp3) is 0.538. The van der Waals surface area contributed by atoms with Gasteiger partial charge >= 0.3 is 0 Å². The molecule has 0 amide bonds. The van der Waals surface area contributed by atoms with Crippen molar-refractivity contribution in [1.82, 2.24) is 5.32 Å². The van der Waals surface area contributed by atoms with E-state index in [-0.39, 0.29) is 0 Å². The Bertz CT molecular complexity index is 404. The topological polar surface area (TPSA) is 24.5 Å². The van der Waals surface area contributed by atoms with Gasteiger partial charge in [-0.2, -0.15) is 0 Å². The van der Waals surface area contributed by atoms with Gasteiger partial charge in [-0.25, -0.2) is 0 Å². The molecule has 1 N–H and O–H groups in total. The van der Waals surface area contributed by atoms with Crippen molar-refractivity contribution in [3.63, 3.8) is 0 Å². The lowest BCUT2D eigenvalue weighted by Gasteiger charge is -2.39. The van der Waals surface area contributed by atoms with Crippen LogP contribution < -0.4 is 15.0 Å². The predicted octanol–water partition coefficient (Wildman–Crippen LogP) is 2.40. The van der Waals surface area contributed by atoms with Crippen LogP contribution in [0.5, 0.6) is 5.75 Å². The molecule has 0 aromatic heterocycles. The van der Waals surface area contributed by atoms with E-state index >= 15 is 0 Å². The molecular weight excluding hydrogens is 280 g/mol. The maximum Gasteiger partial charge on any atom is 0.143 e. The second-order valence-corrected chi connectivity index (χ2v) is 5.55. The molecule has 4 heteroatoms. The number of rotatable bonds is 1. The summed E-state index contributed by atoms with van der Waals surface area (Å²) in [6, 6.07) is 7.00. The lowest BCUT2D eigenvalue weighted by molar-refractivity contribution is 0.290. The zero-order valence-electron chi connectivity index (χ0n) is 9.79. The van der Waals surface area contributed by atoms with E-state index in [9.17, 15) is 0 Å². The van der Waals surface area contributed by atoms with Crippen molar-refractivity contribution in [3.05, 3.63) is 22.7 Å². The van der Waals surface area contributed by atoms with Crippen LogP contribution in [0.3, 0.4) is 0 Å². The number of fused-ring (bicyclic) bond motifs is 1. The monoisotopic (exact) mass is 296 g/mol. The van der Waals surface area contributed by atoms with E-state index in [0.29, 0.717) is 6.04 Å². The zero-order valence-corrected chi connectivity index (χ0v) is 11.4. The van der Waals surface area contributed by atoms with Crippen LogP contribution in [0.15, 0.2) is 22.7 Å². The van der Waals surface area contributed by atoms with Gasteiger partial charge < -0.3 is 15.0 Å². The summed E-state index contributed by atoms with van der Waals surface area (Å²) >= 11 is 3.50. The quantitative estimate of drug-likeness (QED) is 0.861. The summed E-state index contributed by atoms with van der Waals surface area (Å²) in [4.78, 5) is 2.52. The van der Waals surface area contributed by atoms with Crippen molar-refractivity contribution in [3.8, 4) is 5.75 Å². The molecule has 0 saturated carbocycles. The second kappa shape index (κ2) is 4.86.